The number of halogens is 3. The lowest BCUT2D eigenvalue weighted by Gasteiger charge is -2.11. The minimum absolute atomic E-state index is 0.0573. The molecule has 0 saturated carbocycles. The monoisotopic (exact) mass is 328 g/mol. The van der Waals surface area contributed by atoms with Crippen LogP contribution in [0.15, 0.2) is 40.9 Å². The van der Waals surface area contributed by atoms with Crippen molar-refractivity contribution in [2.24, 2.45) is 0 Å². The maximum absolute atomic E-state index is 13.4. The van der Waals surface area contributed by atoms with Gasteiger partial charge in [-0.3, -0.25) is 0 Å². The molecule has 2 nitrogen and oxygen atoms in total. The normalized spacial score (nSPS) is 12.3. The highest BCUT2D eigenvalue weighted by molar-refractivity contribution is 9.10. The summed E-state index contributed by atoms with van der Waals surface area (Å²) >= 11 is 3.30. The molecule has 0 aliphatic heterocycles. The Labute approximate surface area is 117 Å². The van der Waals surface area contributed by atoms with Gasteiger partial charge in [0, 0.05) is 10.5 Å². The van der Waals surface area contributed by atoms with E-state index in [1.165, 1.54) is 6.07 Å². The molecule has 0 aliphatic carbocycles. The second-order valence-electron chi connectivity index (χ2n) is 4.04. The summed E-state index contributed by atoms with van der Waals surface area (Å²) in [6, 6.07) is 8.00. The standard InChI is InChI=1S/C14H11BrF2O2/c1-8(18)11-4-3-10(7-12(11)15)19-14-5-2-9(16)6-13(14)17/h2-8,18H,1H3/t8-/m0/s1. The maximum Gasteiger partial charge on any atom is 0.168 e. The van der Waals surface area contributed by atoms with Gasteiger partial charge in [-0.05, 0) is 36.8 Å². The second kappa shape index (κ2) is 5.67. The molecule has 0 amide bonds. The molecule has 0 heterocycles. The van der Waals surface area contributed by atoms with E-state index in [9.17, 15) is 13.9 Å². The van der Waals surface area contributed by atoms with E-state index in [1.54, 1.807) is 25.1 Å². The molecule has 5 heteroatoms. The van der Waals surface area contributed by atoms with Gasteiger partial charge in [-0.1, -0.05) is 22.0 Å². The molecule has 1 atom stereocenters. The van der Waals surface area contributed by atoms with Crippen molar-refractivity contribution in [3.63, 3.8) is 0 Å². The first-order valence-corrected chi connectivity index (χ1v) is 6.37. The van der Waals surface area contributed by atoms with Gasteiger partial charge in [0.05, 0.1) is 6.10 Å². The average Bonchev–Trinajstić information content (AvgIpc) is 2.32. The van der Waals surface area contributed by atoms with Crippen LogP contribution >= 0.6 is 15.9 Å². The van der Waals surface area contributed by atoms with Crippen molar-refractivity contribution in [2.45, 2.75) is 13.0 Å². The van der Waals surface area contributed by atoms with Gasteiger partial charge >= 0.3 is 0 Å². The Bertz CT molecular complexity index is 600. The molecule has 0 fully saturated rings. The van der Waals surface area contributed by atoms with Crippen LogP contribution in [0.5, 0.6) is 11.5 Å². The van der Waals surface area contributed by atoms with Crippen LogP contribution in [-0.4, -0.2) is 5.11 Å². The number of aliphatic hydroxyl groups excluding tert-OH is 1. The number of ether oxygens (including phenoxy) is 1. The Balaban J connectivity index is 2.26. The van der Waals surface area contributed by atoms with E-state index in [2.05, 4.69) is 15.9 Å². The molecule has 0 aromatic heterocycles. The summed E-state index contributed by atoms with van der Waals surface area (Å²) in [6.45, 7) is 1.64. The number of benzene rings is 2. The largest absolute Gasteiger partial charge is 0.454 e. The Morgan fingerprint density at radius 1 is 1.16 bits per heavy atom. The van der Waals surface area contributed by atoms with E-state index in [1.807, 2.05) is 0 Å². The third-order valence-electron chi connectivity index (χ3n) is 2.54. The minimum Gasteiger partial charge on any atom is -0.454 e. The van der Waals surface area contributed by atoms with Crippen molar-refractivity contribution in [3.8, 4) is 11.5 Å². The number of rotatable bonds is 3. The fourth-order valence-corrected chi connectivity index (χ4v) is 2.28. The Kier molecular flexibility index (Phi) is 4.17. The Morgan fingerprint density at radius 2 is 1.89 bits per heavy atom. The van der Waals surface area contributed by atoms with Crippen LogP contribution in [0.4, 0.5) is 8.78 Å². The topological polar surface area (TPSA) is 29.5 Å². The van der Waals surface area contributed by atoms with Crippen LogP contribution in [0.1, 0.15) is 18.6 Å². The van der Waals surface area contributed by atoms with Crippen molar-refractivity contribution in [1.29, 1.82) is 0 Å². The lowest BCUT2D eigenvalue weighted by atomic mass is 10.1. The predicted octanol–water partition coefficient (Wildman–Crippen LogP) is 4.57. The molecule has 0 aliphatic rings. The van der Waals surface area contributed by atoms with Gasteiger partial charge in [0.2, 0.25) is 0 Å². The average molecular weight is 329 g/mol. The quantitative estimate of drug-likeness (QED) is 0.894. The molecular formula is C14H11BrF2O2. The fraction of sp³-hybridized carbons (Fsp3) is 0.143. The lowest BCUT2D eigenvalue weighted by Crippen LogP contribution is -1.94. The van der Waals surface area contributed by atoms with Crippen LogP contribution in [0, 0.1) is 11.6 Å². The highest BCUT2D eigenvalue weighted by Crippen LogP contribution is 2.31. The van der Waals surface area contributed by atoms with Crippen molar-refractivity contribution in [2.75, 3.05) is 0 Å². The van der Waals surface area contributed by atoms with Gasteiger partial charge in [-0.15, -0.1) is 0 Å². The zero-order valence-corrected chi connectivity index (χ0v) is 11.6. The van der Waals surface area contributed by atoms with Crippen LogP contribution in [0.3, 0.4) is 0 Å². The summed E-state index contributed by atoms with van der Waals surface area (Å²) in [4.78, 5) is 0. The maximum atomic E-state index is 13.4. The van der Waals surface area contributed by atoms with Crippen molar-refractivity contribution in [3.05, 3.63) is 58.1 Å². The SMILES string of the molecule is C[C@H](O)c1ccc(Oc2ccc(F)cc2F)cc1Br. The minimum atomic E-state index is -0.768. The van der Waals surface area contributed by atoms with Crippen molar-refractivity contribution < 1.29 is 18.6 Å². The molecular weight excluding hydrogens is 318 g/mol. The van der Waals surface area contributed by atoms with Gasteiger partial charge in [0.1, 0.15) is 11.6 Å². The van der Waals surface area contributed by atoms with Crippen LogP contribution < -0.4 is 4.74 Å². The molecule has 1 N–H and O–H groups in total. The summed E-state index contributed by atoms with van der Waals surface area (Å²) in [5.41, 5.74) is 0.701. The van der Waals surface area contributed by atoms with Crippen LogP contribution in [0.25, 0.3) is 0 Å². The molecule has 2 rings (SSSR count). The summed E-state index contributed by atoms with van der Waals surface area (Å²) < 4.78 is 32.2. The summed E-state index contributed by atoms with van der Waals surface area (Å²) in [6.07, 6.45) is -0.619. The second-order valence-corrected chi connectivity index (χ2v) is 4.89. The number of hydrogen-bond acceptors (Lipinski definition) is 2. The van der Waals surface area contributed by atoms with Gasteiger partial charge in [-0.2, -0.15) is 0 Å². The van der Waals surface area contributed by atoms with Crippen LogP contribution in [-0.2, 0) is 0 Å². The van der Waals surface area contributed by atoms with Gasteiger partial charge in [0.15, 0.2) is 11.6 Å². The highest BCUT2D eigenvalue weighted by Gasteiger charge is 2.10. The van der Waals surface area contributed by atoms with Crippen molar-refractivity contribution >= 4 is 15.9 Å². The third kappa shape index (κ3) is 3.30. The third-order valence-corrected chi connectivity index (χ3v) is 3.23. The van der Waals surface area contributed by atoms with E-state index < -0.39 is 17.7 Å². The van der Waals surface area contributed by atoms with E-state index in [0.29, 0.717) is 15.8 Å². The van der Waals surface area contributed by atoms with Gasteiger partial charge in [-0.25, -0.2) is 8.78 Å². The van der Waals surface area contributed by atoms with Gasteiger partial charge in [0.25, 0.3) is 0 Å². The van der Waals surface area contributed by atoms with Crippen LogP contribution in [0.2, 0.25) is 0 Å². The van der Waals surface area contributed by atoms with E-state index in [4.69, 9.17) is 4.74 Å². The zero-order valence-electron chi connectivity index (χ0n) is 10.0. The van der Waals surface area contributed by atoms with E-state index in [0.717, 1.165) is 12.1 Å². The summed E-state index contributed by atoms with van der Waals surface area (Å²) in [5, 5.41) is 9.49. The molecule has 2 aromatic rings. The highest BCUT2D eigenvalue weighted by atomic mass is 79.9. The molecule has 0 bridgehead atoms. The molecule has 19 heavy (non-hydrogen) atoms. The van der Waals surface area contributed by atoms with Crippen molar-refractivity contribution in [1.82, 2.24) is 0 Å². The molecule has 2 aromatic carbocycles. The first kappa shape index (κ1) is 14.0. The fourth-order valence-electron chi connectivity index (χ4n) is 1.60. The lowest BCUT2D eigenvalue weighted by molar-refractivity contribution is 0.198. The molecule has 0 saturated heterocycles. The van der Waals surface area contributed by atoms with E-state index >= 15 is 0 Å². The van der Waals surface area contributed by atoms with E-state index in [-0.39, 0.29) is 5.75 Å². The summed E-state index contributed by atoms with van der Waals surface area (Å²) in [5.74, 6) is -1.09. The smallest absolute Gasteiger partial charge is 0.168 e. The molecule has 0 spiro atoms. The predicted molar refractivity (Wildman–Crippen MR) is 71.2 cm³/mol. The molecule has 0 radical (unpaired) electrons. The first-order valence-electron chi connectivity index (χ1n) is 5.58. The molecule has 100 valence electrons. The van der Waals surface area contributed by atoms with Gasteiger partial charge < -0.3 is 9.84 Å². The number of hydrogen-bond donors (Lipinski definition) is 1. The first-order chi connectivity index (χ1) is 8.97. The summed E-state index contributed by atoms with van der Waals surface area (Å²) in [7, 11) is 0. The Morgan fingerprint density at radius 3 is 2.47 bits per heavy atom. The Hall–Kier alpha value is -1.46. The number of aliphatic hydroxyl groups is 1. The molecule has 0 unspecified atom stereocenters. The zero-order chi connectivity index (χ0) is 14.0.